The Kier molecular flexibility index (Phi) is 9.49. The van der Waals surface area contributed by atoms with Crippen LogP contribution in [0.2, 0.25) is 0 Å². The van der Waals surface area contributed by atoms with E-state index in [9.17, 15) is 27.6 Å². The third-order valence-corrected chi connectivity index (χ3v) is 8.37. The summed E-state index contributed by atoms with van der Waals surface area (Å²) in [4.78, 5) is 51.7. The summed E-state index contributed by atoms with van der Waals surface area (Å²) in [6.45, 7) is 6.67. The maximum absolute atomic E-state index is 13.1. The zero-order chi connectivity index (χ0) is 28.8. The lowest BCUT2D eigenvalue weighted by molar-refractivity contribution is -0.139. The summed E-state index contributed by atoms with van der Waals surface area (Å²) in [5.74, 6) is -2.58. The molecule has 0 bridgehead atoms. The molecule has 0 saturated carbocycles. The molecule has 2 aromatic carbocycles. The number of carbonyl (C=O) groups is 4. The van der Waals surface area contributed by atoms with Gasteiger partial charge in [0.1, 0.15) is 6.04 Å². The fraction of sp³-hybridized carbons (Fsp3) is 0.429. The van der Waals surface area contributed by atoms with E-state index < -0.39 is 57.3 Å². The Morgan fingerprint density at radius 1 is 1.03 bits per heavy atom. The Morgan fingerprint density at radius 3 is 2.21 bits per heavy atom. The van der Waals surface area contributed by atoms with Crippen molar-refractivity contribution in [3.8, 4) is 0 Å². The van der Waals surface area contributed by atoms with Crippen molar-refractivity contribution in [3.05, 3.63) is 66.2 Å². The number of benzene rings is 2. The van der Waals surface area contributed by atoms with Crippen LogP contribution >= 0.6 is 0 Å². The van der Waals surface area contributed by atoms with Crippen LogP contribution in [0, 0.1) is 5.41 Å². The van der Waals surface area contributed by atoms with Gasteiger partial charge in [-0.1, -0.05) is 82.1 Å². The zero-order valence-corrected chi connectivity index (χ0v) is 23.4. The molecule has 1 aliphatic heterocycles. The van der Waals surface area contributed by atoms with Crippen molar-refractivity contribution in [1.82, 2.24) is 14.9 Å². The summed E-state index contributed by atoms with van der Waals surface area (Å²) >= 11 is 0. The smallest absolute Gasteiger partial charge is 0.408 e. The maximum Gasteiger partial charge on any atom is 0.408 e. The highest BCUT2D eigenvalue weighted by Gasteiger charge is 2.53. The molecule has 2 aromatic rings. The van der Waals surface area contributed by atoms with Crippen molar-refractivity contribution < 1.29 is 32.3 Å². The van der Waals surface area contributed by atoms with Gasteiger partial charge in [0.15, 0.2) is 6.10 Å². The van der Waals surface area contributed by atoms with Crippen LogP contribution in [0.15, 0.2) is 65.6 Å². The van der Waals surface area contributed by atoms with E-state index in [1.165, 1.54) is 12.1 Å². The number of Topliss-reactive ketones (excluding diaryl/α,β-unsaturated/α-hetero) is 1. The highest BCUT2D eigenvalue weighted by molar-refractivity contribution is 7.89. The van der Waals surface area contributed by atoms with Gasteiger partial charge in [-0.05, 0) is 31.0 Å². The van der Waals surface area contributed by atoms with Crippen molar-refractivity contribution in [2.45, 2.75) is 70.0 Å². The van der Waals surface area contributed by atoms with Crippen molar-refractivity contribution in [3.63, 3.8) is 0 Å². The lowest BCUT2D eigenvalue weighted by Crippen LogP contribution is -2.49. The lowest BCUT2D eigenvalue weighted by Gasteiger charge is -2.25. The van der Waals surface area contributed by atoms with Gasteiger partial charge in [-0.2, -0.15) is 0 Å². The Labute approximate surface area is 229 Å². The minimum atomic E-state index is -4.16. The number of amides is 3. The molecule has 3 rings (SSSR count). The number of ether oxygens (including phenoxy) is 1. The van der Waals surface area contributed by atoms with Crippen LogP contribution in [0.3, 0.4) is 0 Å². The number of sulfonamides is 1. The number of hydrogen-bond acceptors (Lipinski definition) is 7. The van der Waals surface area contributed by atoms with E-state index >= 15 is 0 Å². The van der Waals surface area contributed by atoms with Gasteiger partial charge in [0.05, 0.1) is 10.9 Å². The number of hydrogen-bond donors (Lipinski definition) is 2. The second kappa shape index (κ2) is 12.4. The molecule has 0 unspecified atom stereocenters. The summed E-state index contributed by atoms with van der Waals surface area (Å²) in [7, 11) is -4.16. The number of unbranched alkanes of at least 4 members (excludes halogenated alkanes) is 1. The largest absolute Gasteiger partial charge is 0.435 e. The van der Waals surface area contributed by atoms with Crippen LogP contribution in [0.4, 0.5) is 4.79 Å². The molecule has 1 heterocycles. The number of nitrogens with one attached hydrogen (secondary N) is 2. The van der Waals surface area contributed by atoms with E-state index in [-0.39, 0.29) is 17.9 Å². The minimum Gasteiger partial charge on any atom is -0.435 e. The molecule has 2 N–H and O–H groups in total. The van der Waals surface area contributed by atoms with Crippen LogP contribution in [0.1, 0.15) is 58.6 Å². The van der Waals surface area contributed by atoms with Gasteiger partial charge >= 0.3 is 6.09 Å². The van der Waals surface area contributed by atoms with E-state index in [1.807, 2.05) is 37.3 Å². The van der Waals surface area contributed by atoms with Gasteiger partial charge in [-0.15, -0.1) is 0 Å². The van der Waals surface area contributed by atoms with E-state index in [1.54, 1.807) is 39.0 Å². The number of rotatable bonds is 11. The summed E-state index contributed by atoms with van der Waals surface area (Å²) in [5.41, 5.74) is -0.227. The molecule has 0 aliphatic carbocycles. The quantitative estimate of drug-likeness (QED) is 0.404. The van der Waals surface area contributed by atoms with Crippen molar-refractivity contribution >= 4 is 33.7 Å². The van der Waals surface area contributed by atoms with Crippen LogP contribution in [0.25, 0.3) is 0 Å². The SMILES string of the molecule is CCCC[C@H](NC(=O)O[C@@H]1C(=O)N(S(=O)(=O)c2ccccc2)CC1(C)C)C(=O)C(=O)N[C@H](C)c1ccccc1. The van der Waals surface area contributed by atoms with Crippen LogP contribution in [0.5, 0.6) is 0 Å². The van der Waals surface area contributed by atoms with Gasteiger partial charge in [0.2, 0.25) is 5.78 Å². The first-order valence-electron chi connectivity index (χ1n) is 12.9. The van der Waals surface area contributed by atoms with Crippen molar-refractivity contribution in [2.24, 2.45) is 5.41 Å². The van der Waals surface area contributed by atoms with Gasteiger partial charge in [0, 0.05) is 12.0 Å². The molecule has 210 valence electrons. The van der Waals surface area contributed by atoms with Gasteiger partial charge in [-0.25, -0.2) is 17.5 Å². The molecule has 11 heteroatoms. The molecule has 39 heavy (non-hydrogen) atoms. The van der Waals surface area contributed by atoms with E-state index in [0.29, 0.717) is 17.1 Å². The minimum absolute atomic E-state index is 0.0554. The first kappa shape index (κ1) is 29.8. The summed E-state index contributed by atoms with van der Waals surface area (Å²) in [5, 5.41) is 5.07. The lowest BCUT2D eigenvalue weighted by atomic mass is 9.90. The Balaban J connectivity index is 1.70. The van der Waals surface area contributed by atoms with Gasteiger partial charge < -0.3 is 15.4 Å². The van der Waals surface area contributed by atoms with Gasteiger partial charge in [0.25, 0.3) is 21.8 Å². The van der Waals surface area contributed by atoms with E-state index in [4.69, 9.17) is 4.74 Å². The number of ketones is 1. The monoisotopic (exact) mass is 557 g/mol. The summed E-state index contributed by atoms with van der Waals surface area (Å²) in [6.07, 6.45) is -1.05. The van der Waals surface area contributed by atoms with Crippen LogP contribution < -0.4 is 10.6 Å². The average molecular weight is 558 g/mol. The molecular weight excluding hydrogens is 522 g/mol. The Hall–Kier alpha value is -3.73. The number of carbonyl (C=O) groups excluding carboxylic acids is 4. The first-order valence-corrected chi connectivity index (χ1v) is 14.3. The molecule has 0 radical (unpaired) electrons. The molecule has 1 fully saturated rings. The highest BCUT2D eigenvalue weighted by atomic mass is 32.2. The average Bonchev–Trinajstić information content (AvgIpc) is 3.15. The summed E-state index contributed by atoms with van der Waals surface area (Å²) in [6, 6.07) is 15.0. The van der Waals surface area contributed by atoms with Crippen molar-refractivity contribution in [1.29, 1.82) is 0 Å². The fourth-order valence-corrected chi connectivity index (χ4v) is 5.93. The van der Waals surface area contributed by atoms with Crippen LogP contribution in [-0.2, 0) is 29.1 Å². The zero-order valence-electron chi connectivity index (χ0n) is 22.5. The predicted molar refractivity (Wildman–Crippen MR) is 144 cm³/mol. The normalized spacial score (nSPS) is 18.2. The third-order valence-electron chi connectivity index (χ3n) is 6.61. The second-order valence-electron chi connectivity index (χ2n) is 10.2. The molecule has 1 aliphatic rings. The number of nitrogens with zero attached hydrogens (tertiary/aromatic N) is 1. The van der Waals surface area contributed by atoms with Crippen molar-refractivity contribution in [2.75, 3.05) is 6.54 Å². The van der Waals surface area contributed by atoms with Crippen LogP contribution in [-0.4, -0.2) is 55.1 Å². The molecule has 0 spiro atoms. The maximum atomic E-state index is 13.1. The number of alkyl carbamates (subject to hydrolysis) is 1. The molecule has 0 aromatic heterocycles. The standard InChI is InChI=1S/C28H35N3O7S/c1-5-6-17-22(23(32)25(33)29-19(2)20-13-9-7-10-14-20)30-27(35)38-24-26(34)31(18-28(24,3)4)39(36,37)21-15-11-8-12-16-21/h7-16,19,22,24H,5-6,17-18H2,1-4H3,(H,29,33)(H,30,35)/t19-,22+,24-/m1/s1. The van der Waals surface area contributed by atoms with E-state index in [0.717, 1.165) is 5.56 Å². The summed E-state index contributed by atoms with van der Waals surface area (Å²) < 4.78 is 32.3. The second-order valence-corrected chi connectivity index (χ2v) is 12.1. The Bertz CT molecular complexity index is 1300. The fourth-order valence-electron chi connectivity index (χ4n) is 4.34. The predicted octanol–water partition coefficient (Wildman–Crippen LogP) is 3.34. The molecule has 3 atom stereocenters. The Morgan fingerprint density at radius 2 is 1.62 bits per heavy atom. The topological polar surface area (TPSA) is 139 Å². The molecule has 1 saturated heterocycles. The molecule has 10 nitrogen and oxygen atoms in total. The molecular formula is C28H35N3O7S. The van der Waals surface area contributed by atoms with Gasteiger partial charge in [-0.3, -0.25) is 14.4 Å². The van der Waals surface area contributed by atoms with E-state index in [2.05, 4.69) is 10.6 Å². The molecule has 3 amide bonds. The first-order chi connectivity index (χ1) is 18.4. The highest BCUT2D eigenvalue weighted by Crippen LogP contribution is 2.36. The third kappa shape index (κ3) is 7.03.